The molecule has 3 atom stereocenters. The lowest BCUT2D eigenvalue weighted by atomic mass is 9.58. The van der Waals surface area contributed by atoms with E-state index in [1.807, 2.05) is 36.4 Å². The highest BCUT2D eigenvalue weighted by atomic mass is 16.3. The molecule has 0 amide bonds. The molecule has 2 heteroatoms. The van der Waals surface area contributed by atoms with Crippen LogP contribution in [0, 0.1) is 35.8 Å². The fourth-order valence-corrected chi connectivity index (χ4v) is 7.28. The van der Waals surface area contributed by atoms with Crippen LogP contribution >= 0.6 is 0 Å². The van der Waals surface area contributed by atoms with Crippen molar-refractivity contribution in [1.29, 1.82) is 0 Å². The molecule has 3 unspecified atom stereocenters. The predicted octanol–water partition coefficient (Wildman–Crippen LogP) is 8.40. The van der Waals surface area contributed by atoms with Gasteiger partial charge in [-0.1, -0.05) is 96.8 Å². The maximum absolute atomic E-state index is 11.5. The number of phenols is 1. The standard InChI is InChI=1S/C37H24O2/c38-32-23-22-27(29-19-11-18-28-26-16-8-10-21-33(26)39-36(28)29)35-34(32)30-17-7-9-20-31(30)37(35,24-12-3-1-4-13-24)25-14-5-2-6-15-25/h1-3,5,7-12,16-19,21-23,25,31,38H,14,20H2. The Morgan fingerprint density at radius 2 is 1.79 bits per heavy atom. The summed E-state index contributed by atoms with van der Waals surface area (Å²) in [4.78, 5) is 0. The summed E-state index contributed by atoms with van der Waals surface area (Å²) in [5.74, 6) is 7.30. The van der Waals surface area contributed by atoms with Crippen LogP contribution in [0.4, 0.5) is 0 Å². The van der Waals surface area contributed by atoms with Crippen LogP contribution in [0.2, 0.25) is 0 Å². The average molecular weight is 501 g/mol. The van der Waals surface area contributed by atoms with Crippen molar-refractivity contribution in [2.45, 2.75) is 18.3 Å². The van der Waals surface area contributed by atoms with Gasteiger partial charge in [0.25, 0.3) is 0 Å². The van der Waals surface area contributed by atoms with Crippen LogP contribution < -0.4 is 0 Å². The Labute approximate surface area is 227 Å². The molecule has 5 aromatic rings. The molecule has 4 aromatic carbocycles. The number of furan rings is 1. The van der Waals surface area contributed by atoms with Crippen molar-refractivity contribution in [3.05, 3.63) is 132 Å². The van der Waals surface area contributed by atoms with E-state index in [-0.39, 0.29) is 11.8 Å². The van der Waals surface area contributed by atoms with E-state index in [0.29, 0.717) is 5.75 Å². The fraction of sp³-hybridized carbons (Fsp3) is 0.135. The van der Waals surface area contributed by atoms with Crippen molar-refractivity contribution < 1.29 is 9.52 Å². The van der Waals surface area contributed by atoms with Crippen LogP contribution in [0.15, 0.2) is 108 Å². The molecule has 1 N–H and O–H groups in total. The second-order valence-corrected chi connectivity index (χ2v) is 10.6. The van der Waals surface area contributed by atoms with Crippen molar-refractivity contribution >= 4 is 27.5 Å². The fourth-order valence-electron chi connectivity index (χ4n) is 7.28. The number of hydrogen-bond acceptors (Lipinski definition) is 2. The molecule has 1 aromatic heterocycles. The van der Waals surface area contributed by atoms with Crippen LogP contribution in [-0.4, -0.2) is 5.11 Å². The maximum atomic E-state index is 11.5. The first kappa shape index (κ1) is 22.1. The van der Waals surface area contributed by atoms with Gasteiger partial charge in [0, 0.05) is 39.3 Å². The lowest BCUT2D eigenvalue weighted by Crippen LogP contribution is -2.41. The number of para-hydroxylation sites is 2. The van der Waals surface area contributed by atoms with Gasteiger partial charge in [0.05, 0.1) is 5.41 Å². The summed E-state index contributed by atoms with van der Waals surface area (Å²) in [5.41, 5.74) is 7.56. The van der Waals surface area contributed by atoms with Crippen LogP contribution in [0.5, 0.6) is 5.75 Å². The van der Waals surface area contributed by atoms with Crippen molar-refractivity contribution in [2.75, 3.05) is 0 Å². The molecule has 3 aliphatic rings. The third-order valence-electron chi connectivity index (χ3n) is 8.76. The Kier molecular flexibility index (Phi) is 4.70. The minimum Gasteiger partial charge on any atom is -0.507 e. The number of benzene rings is 3. The minimum absolute atomic E-state index is 0.00567. The molecule has 0 spiro atoms. The first-order valence-electron chi connectivity index (χ1n) is 13.5. The topological polar surface area (TPSA) is 33.4 Å². The van der Waals surface area contributed by atoms with Gasteiger partial charge < -0.3 is 9.52 Å². The number of allylic oxidation sites excluding steroid dienone is 6. The highest BCUT2D eigenvalue weighted by Gasteiger charge is 2.57. The first-order chi connectivity index (χ1) is 19.3. The van der Waals surface area contributed by atoms with Crippen LogP contribution in [0.3, 0.4) is 0 Å². The van der Waals surface area contributed by atoms with Gasteiger partial charge in [0.15, 0.2) is 0 Å². The molecular weight excluding hydrogens is 476 g/mol. The van der Waals surface area contributed by atoms with Crippen molar-refractivity contribution in [3.63, 3.8) is 0 Å². The Bertz CT molecular complexity index is 1940. The summed E-state index contributed by atoms with van der Waals surface area (Å²) in [6, 6.07) is 31.3. The largest absolute Gasteiger partial charge is 0.507 e. The Morgan fingerprint density at radius 1 is 0.872 bits per heavy atom. The third-order valence-corrected chi connectivity index (χ3v) is 8.76. The number of fused-ring (bicyclic) bond motifs is 6. The van der Waals surface area contributed by atoms with Gasteiger partial charge >= 0.3 is 0 Å². The molecule has 0 aliphatic heterocycles. The summed E-state index contributed by atoms with van der Waals surface area (Å²) in [7, 11) is 0. The van der Waals surface area contributed by atoms with E-state index in [4.69, 9.17) is 4.42 Å². The van der Waals surface area contributed by atoms with Crippen molar-refractivity contribution in [1.82, 2.24) is 0 Å². The average Bonchev–Trinajstić information content (AvgIpc) is 3.54. The van der Waals surface area contributed by atoms with Gasteiger partial charge in [-0.25, -0.2) is 0 Å². The summed E-state index contributed by atoms with van der Waals surface area (Å²) >= 11 is 0. The maximum Gasteiger partial charge on any atom is 0.143 e. The van der Waals surface area contributed by atoms with Crippen LogP contribution in [0.1, 0.15) is 29.5 Å². The number of rotatable bonds is 3. The molecule has 0 fully saturated rings. The zero-order valence-corrected chi connectivity index (χ0v) is 21.2. The monoisotopic (exact) mass is 500 g/mol. The second-order valence-electron chi connectivity index (χ2n) is 10.6. The van der Waals surface area contributed by atoms with E-state index in [9.17, 15) is 5.11 Å². The predicted molar refractivity (Wildman–Crippen MR) is 156 cm³/mol. The molecule has 39 heavy (non-hydrogen) atoms. The molecule has 1 heterocycles. The third kappa shape index (κ3) is 2.95. The Balaban J connectivity index is 1.53. The summed E-state index contributed by atoms with van der Waals surface area (Å²) in [6.45, 7) is 0. The molecule has 184 valence electrons. The van der Waals surface area contributed by atoms with Gasteiger partial charge in [0.2, 0.25) is 0 Å². The van der Waals surface area contributed by atoms with E-state index < -0.39 is 5.41 Å². The lowest BCUT2D eigenvalue weighted by molar-refractivity contribution is 0.321. The highest BCUT2D eigenvalue weighted by Crippen LogP contribution is 2.64. The summed E-state index contributed by atoms with van der Waals surface area (Å²) in [6.07, 6.45) is 12.4. The van der Waals surface area contributed by atoms with Gasteiger partial charge in [-0.15, -0.1) is 0 Å². The molecular formula is C37H24O2. The van der Waals surface area contributed by atoms with Crippen molar-refractivity contribution in [3.8, 4) is 28.7 Å². The second kappa shape index (κ2) is 8.29. The first-order valence-corrected chi connectivity index (χ1v) is 13.5. The molecule has 2 nitrogen and oxygen atoms in total. The molecule has 0 saturated heterocycles. The Hall–Kier alpha value is -4.92. The Morgan fingerprint density at radius 3 is 2.67 bits per heavy atom. The van der Waals surface area contributed by atoms with Gasteiger partial charge in [-0.05, 0) is 59.9 Å². The normalized spacial score (nSPS) is 22.6. The number of phenolic OH excluding ortho intramolecular Hbond substituents is 1. The minimum atomic E-state index is -0.524. The molecule has 3 aliphatic carbocycles. The zero-order valence-electron chi connectivity index (χ0n) is 21.2. The smallest absolute Gasteiger partial charge is 0.143 e. The summed E-state index contributed by atoms with van der Waals surface area (Å²) in [5, 5.41) is 13.7. The van der Waals surface area contributed by atoms with E-state index in [0.717, 1.165) is 68.2 Å². The zero-order chi connectivity index (χ0) is 26.0. The van der Waals surface area contributed by atoms with E-state index in [1.165, 1.54) is 0 Å². The van der Waals surface area contributed by atoms with Gasteiger partial charge in [0.1, 0.15) is 16.9 Å². The number of aromatic hydroxyl groups is 1. The van der Waals surface area contributed by atoms with Gasteiger partial charge in [-0.3, -0.25) is 0 Å². The highest BCUT2D eigenvalue weighted by molar-refractivity contribution is 6.10. The molecule has 0 bridgehead atoms. The molecule has 8 rings (SSSR count). The lowest BCUT2D eigenvalue weighted by Gasteiger charge is -2.42. The quantitative estimate of drug-likeness (QED) is 0.252. The van der Waals surface area contributed by atoms with Gasteiger partial charge in [-0.2, -0.15) is 0 Å². The van der Waals surface area contributed by atoms with E-state index >= 15 is 0 Å². The SMILES string of the molecule is Oc1ccc(-c2cccc3c2oc2ccccc23)c2c1C1=CC=CCC1C2(c1c#cccc1)C1C#CC=CC1. The molecule has 0 saturated carbocycles. The van der Waals surface area contributed by atoms with E-state index in [1.54, 1.807) is 0 Å². The van der Waals surface area contributed by atoms with Crippen molar-refractivity contribution in [2.24, 2.45) is 11.8 Å². The number of hydrogen-bond donors (Lipinski definition) is 1. The van der Waals surface area contributed by atoms with E-state index in [2.05, 4.69) is 90.7 Å². The van der Waals surface area contributed by atoms with Crippen LogP contribution in [0.25, 0.3) is 38.6 Å². The summed E-state index contributed by atoms with van der Waals surface area (Å²) < 4.78 is 6.52. The molecule has 0 radical (unpaired) electrons. The van der Waals surface area contributed by atoms with Crippen LogP contribution in [-0.2, 0) is 5.41 Å².